The normalized spacial score (nSPS) is 16.0. The van der Waals surface area contributed by atoms with E-state index in [9.17, 15) is 34.8 Å². The van der Waals surface area contributed by atoms with E-state index in [1.807, 2.05) is 0 Å². The van der Waals surface area contributed by atoms with Gasteiger partial charge in [0.15, 0.2) is 5.82 Å². The van der Waals surface area contributed by atoms with E-state index in [0.29, 0.717) is 18.4 Å². The fourth-order valence-electron chi connectivity index (χ4n) is 2.63. The number of nitrogens with one attached hydrogen (secondary N) is 2. The van der Waals surface area contributed by atoms with Crippen molar-refractivity contribution in [1.29, 1.82) is 0 Å². The van der Waals surface area contributed by atoms with Crippen molar-refractivity contribution in [3.05, 3.63) is 47.9 Å². The fourth-order valence-corrected chi connectivity index (χ4v) is 3.20. The van der Waals surface area contributed by atoms with Crippen molar-refractivity contribution in [2.24, 2.45) is 0 Å². The number of hydrogen-bond donors (Lipinski definition) is 2. The van der Waals surface area contributed by atoms with Gasteiger partial charge in [-0.15, -0.1) is 0 Å². The first kappa shape index (κ1) is 20.5. The summed E-state index contributed by atoms with van der Waals surface area (Å²) in [4.78, 5) is 18.1. The van der Waals surface area contributed by atoms with Crippen molar-refractivity contribution in [3.63, 3.8) is 0 Å². The summed E-state index contributed by atoms with van der Waals surface area (Å²) in [5, 5.41) is 4.55. The summed E-state index contributed by atoms with van der Waals surface area (Å²) in [7, 11) is -4.73. The van der Waals surface area contributed by atoms with Gasteiger partial charge in [-0.05, 0) is 38.0 Å². The molecule has 0 saturated carbocycles. The zero-order chi connectivity index (χ0) is 32.6. The Kier molecular flexibility index (Phi) is 5.55. The quantitative estimate of drug-likeness (QED) is 0.306. The van der Waals surface area contributed by atoms with Crippen molar-refractivity contribution in [2.75, 3.05) is 23.4 Å². The van der Waals surface area contributed by atoms with E-state index in [4.69, 9.17) is 8.22 Å². The number of rotatable bonds is 8. The van der Waals surface area contributed by atoms with E-state index >= 15 is 0 Å². The molecule has 2 N–H and O–H groups in total. The smallest absolute Gasteiger partial charge is 0.351 e. The molecule has 0 aliphatic rings. The molecule has 0 aromatic carbocycles. The second-order valence-electron chi connectivity index (χ2n) is 7.23. The molecule has 0 bridgehead atoms. The van der Waals surface area contributed by atoms with Crippen LogP contribution in [0, 0.1) is 0 Å². The van der Waals surface area contributed by atoms with Crippen LogP contribution in [0.5, 0.6) is 0 Å². The maximum absolute atomic E-state index is 13.3. The molecule has 17 heteroatoms. The molecule has 200 valence electrons. The standard InChI is InChI=1S/C20H19F6N7O3S/c1-18(2,36-37(3,34)35)10-28-16-31-15(12-5-4-6-13(30-12)19(21,22)23)32-17(33-16)29-11-7-8-27-14(9-11)20(24,25)26/h4-9H,10H2,1-3H3,(H2,27,28,29,31,32,33)/i1D3,2D3. The molecule has 37 heavy (non-hydrogen) atoms. The van der Waals surface area contributed by atoms with Crippen molar-refractivity contribution < 1.29 is 47.2 Å². The Balaban J connectivity index is 2.15. The average Bonchev–Trinajstić information content (AvgIpc) is 2.83. The SMILES string of the molecule is [2H]C([2H])([2H])C(CNc1nc(Nc2ccnc(C(F)(F)F)c2)nc(-c2cccc(C(F)(F)F)n2)n1)(OS(C)(=O)=O)C([2H])([2H])[2H]. The van der Waals surface area contributed by atoms with E-state index in [0.717, 1.165) is 24.4 Å². The van der Waals surface area contributed by atoms with Gasteiger partial charge in [0.1, 0.15) is 17.1 Å². The Morgan fingerprint density at radius 2 is 1.62 bits per heavy atom. The first-order chi connectivity index (χ1) is 19.4. The highest BCUT2D eigenvalue weighted by molar-refractivity contribution is 7.86. The summed E-state index contributed by atoms with van der Waals surface area (Å²) in [6, 6.07) is 4.22. The summed E-state index contributed by atoms with van der Waals surface area (Å²) >= 11 is 0. The number of halogens is 6. The van der Waals surface area contributed by atoms with Crippen molar-refractivity contribution in [2.45, 2.75) is 31.7 Å². The molecular formula is C20H19F6N7O3S. The molecule has 0 atom stereocenters. The van der Waals surface area contributed by atoms with E-state index in [1.54, 1.807) is 0 Å². The van der Waals surface area contributed by atoms with Crippen LogP contribution in [0.4, 0.5) is 43.9 Å². The van der Waals surface area contributed by atoms with Gasteiger partial charge in [0.05, 0.1) is 11.9 Å². The third-order valence-corrected chi connectivity index (χ3v) is 4.59. The zero-order valence-corrected chi connectivity index (χ0v) is 19.1. The van der Waals surface area contributed by atoms with E-state index in [1.165, 1.54) is 0 Å². The van der Waals surface area contributed by atoms with E-state index < -0.39 is 83.1 Å². The summed E-state index contributed by atoms with van der Waals surface area (Å²) in [6.45, 7) is -8.59. The van der Waals surface area contributed by atoms with Crippen LogP contribution in [-0.2, 0) is 26.7 Å². The first-order valence-electron chi connectivity index (χ1n) is 12.7. The first-order valence-corrected chi connectivity index (χ1v) is 11.5. The molecule has 3 aromatic heterocycles. The summed E-state index contributed by atoms with van der Waals surface area (Å²) in [5.41, 5.74) is -6.96. The third kappa shape index (κ3) is 8.21. The predicted octanol–water partition coefficient (Wildman–Crippen LogP) is 4.28. The minimum absolute atomic E-state index is 0.304. The molecule has 3 rings (SSSR count). The second-order valence-corrected chi connectivity index (χ2v) is 8.81. The van der Waals surface area contributed by atoms with Crippen LogP contribution in [-0.4, -0.2) is 51.7 Å². The van der Waals surface area contributed by atoms with Gasteiger partial charge in [-0.25, -0.2) is 4.98 Å². The molecule has 0 unspecified atom stereocenters. The van der Waals surface area contributed by atoms with Gasteiger partial charge in [0.2, 0.25) is 11.9 Å². The summed E-state index contributed by atoms with van der Waals surface area (Å²) in [6.07, 6.45) is -8.57. The molecule has 0 radical (unpaired) electrons. The van der Waals surface area contributed by atoms with Crippen molar-refractivity contribution >= 4 is 27.7 Å². The van der Waals surface area contributed by atoms with Gasteiger partial charge in [-0.1, -0.05) is 6.07 Å². The van der Waals surface area contributed by atoms with Crippen molar-refractivity contribution in [1.82, 2.24) is 24.9 Å². The van der Waals surface area contributed by atoms with Gasteiger partial charge < -0.3 is 10.6 Å². The molecular weight excluding hydrogens is 532 g/mol. The highest BCUT2D eigenvalue weighted by Crippen LogP contribution is 2.31. The monoisotopic (exact) mass is 557 g/mol. The Morgan fingerprint density at radius 3 is 2.24 bits per heavy atom. The third-order valence-electron chi connectivity index (χ3n) is 4.00. The molecule has 0 saturated heterocycles. The van der Waals surface area contributed by atoms with Crippen LogP contribution in [0.1, 0.15) is 33.3 Å². The lowest BCUT2D eigenvalue weighted by Crippen LogP contribution is -2.35. The maximum Gasteiger partial charge on any atom is 0.433 e. The zero-order valence-electron chi connectivity index (χ0n) is 24.3. The lowest BCUT2D eigenvalue weighted by atomic mass is 10.1. The number of pyridine rings is 2. The Bertz CT molecular complexity index is 1570. The topological polar surface area (TPSA) is 132 Å². The number of alkyl halides is 6. The Morgan fingerprint density at radius 1 is 0.946 bits per heavy atom. The van der Waals surface area contributed by atoms with Gasteiger partial charge in [0, 0.05) is 26.7 Å². The maximum atomic E-state index is 13.3. The lowest BCUT2D eigenvalue weighted by molar-refractivity contribution is -0.141. The lowest BCUT2D eigenvalue weighted by Gasteiger charge is -2.23. The number of nitrogens with zero attached hydrogens (tertiary/aromatic N) is 5. The molecule has 10 nitrogen and oxygen atoms in total. The molecule has 0 fully saturated rings. The Labute approximate surface area is 215 Å². The van der Waals surface area contributed by atoms with Crippen LogP contribution >= 0.6 is 0 Å². The number of aromatic nitrogens is 5. The predicted molar refractivity (Wildman–Crippen MR) is 119 cm³/mol. The summed E-state index contributed by atoms with van der Waals surface area (Å²) in [5.74, 6) is -2.00. The minimum atomic E-state index is -4.90. The van der Waals surface area contributed by atoms with E-state index in [-0.39, 0.29) is 5.69 Å². The molecule has 3 aromatic rings. The second kappa shape index (κ2) is 10.0. The number of anilines is 3. The van der Waals surface area contributed by atoms with Gasteiger partial charge in [-0.3, -0.25) is 9.17 Å². The van der Waals surface area contributed by atoms with Gasteiger partial charge in [-0.2, -0.15) is 49.7 Å². The van der Waals surface area contributed by atoms with Crippen LogP contribution in [0.25, 0.3) is 11.5 Å². The number of hydrogen-bond acceptors (Lipinski definition) is 10. The average molecular weight is 558 g/mol. The molecule has 3 heterocycles. The minimum Gasteiger partial charge on any atom is -0.351 e. The van der Waals surface area contributed by atoms with E-state index in [2.05, 4.69) is 39.7 Å². The fraction of sp³-hybridized carbons (Fsp3) is 0.350. The van der Waals surface area contributed by atoms with Gasteiger partial charge in [0.25, 0.3) is 10.1 Å². The van der Waals surface area contributed by atoms with Crippen LogP contribution in [0.15, 0.2) is 36.5 Å². The highest BCUT2D eigenvalue weighted by Gasteiger charge is 2.33. The summed E-state index contributed by atoms with van der Waals surface area (Å²) < 4.78 is 154. The molecule has 0 spiro atoms. The van der Waals surface area contributed by atoms with Crippen LogP contribution in [0.3, 0.4) is 0 Å². The van der Waals surface area contributed by atoms with Crippen LogP contribution in [0.2, 0.25) is 0 Å². The van der Waals surface area contributed by atoms with Crippen molar-refractivity contribution in [3.8, 4) is 11.5 Å². The largest absolute Gasteiger partial charge is 0.433 e. The molecule has 0 aliphatic heterocycles. The highest BCUT2D eigenvalue weighted by atomic mass is 32.2. The molecule has 0 aliphatic carbocycles. The van der Waals surface area contributed by atoms with Gasteiger partial charge >= 0.3 is 12.4 Å². The Hall–Kier alpha value is -3.60. The van der Waals surface area contributed by atoms with Crippen LogP contribution < -0.4 is 10.6 Å². The molecule has 0 amide bonds.